The van der Waals surface area contributed by atoms with Crippen LogP contribution in [-0.4, -0.2) is 9.97 Å². The fourth-order valence-corrected chi connectivity index (χ4v) is 1.37. The zero-order valence-corrected chi connectivity index (χ0v) is 7.72. The summed E-state index contributed by atoms with van der Waals surface area (Å²) in [6.45, 7) is 1.91. The average molecular weight is 195 g/mol. The van der Waals surface area contributed by atoms with Crippen molar-refractivity contribution in [2.45, 2.75) is 6.92 Å². The van der Waals surface area contributed by atoms with Gasteiger partial charge in [0.15, 0.2) is 0 Å². The standard InChI is InChI=1S/C9H7ClN2O/c1-5-2-3-11-8-7(5)12-4-6(10)9(8)13/h2-4H,1H3,(H,12,13). The number of pyridine rings is 2. The van der Waals surface area contributed by atoms with E-state index in [0.717, 1.165) is 11.1 Å². The summed E-state index contributed by atoms with van der Waals surface area (Å²) in [7, 11) is 0. The van der Waals surface area contributed by atoms with Gasteiger partial charge < -0.3 is 4.98 Å². The lowest BCUT2D eigenvalue weighted by molar-refractivity contribution is 1.28. The van der Waals surface area contributed by atoms with Gasteiger partial charge >= 0.3 is 0 Å². The molecule has 0 atom stereocenters. The number of nitrogens with one attached hydrogen (secondary N) is 1. The number of aryl methyl sites for hydroxylation is 1. The Labute approximate surface area is 79.4 Å². The number of halogens is 1. The third kappa shape index (κ3) is 1.21. The van der Waals surface area contributed by atoms with E-state index in [1.165, 1.54) is 6.20 Å². The molecule has 2 aromatic heterocycles. The monoisotopic (exact) mass is 194 g/mol. The van der Waals surface area contributed by atoms with Crippen molar-refractivity contribution in [3.05, 3.63) is 39.3 Å². The predicted molar refractivity (Wildman–Crippen MR) is 52.1 cm³/mol. The number of hydrogen-bond donors (Lipinski definition) is 1. The maximum absolute atomic E-state index is 11.5. The van der Waals surface area contributed by atoms with Crippen molar-refractivity contribution in [2.24, 2.45) is 0 Å². The molecule has 0 aliphatic heterocycles. The van der Waals surface area contributed by atoms with Gasteiger partial charge in [0.05, 0.1) is 5.52 Å². The summed E-state index contributed by atoms with van der Waals surface area (Å²) in [4.78, 5) is 18.4. The number of rotatable bonds is 0. The average Bonchev–Trinajstić information content (AvgIpc) is 2.12. The van der Waals surface area contributed by atoms with Crippen molar-refractivity contribution in [1.82, 2.24) is 9.97 Å². The first kappa shape index (κ1) is 8.26. The molecule has 0 spiro atoms. The molecule has 2 rings (SSSR count). The summed E-state index contributed by atoms with van der Waals surface area (Å²) in [6.07, 6.45) is 3.09. The minimum absolute atomic E-state index is 0.172. The number of aromatic nitrogens is 2. The molecule has 2 aromatic rings. The normalized spacial score (nSPS) is 10.6. The van der Waals surface area contributed by atoms with Gasteiger partial charge in [-0.05, 0) is 18.6 Å². The van der Waals surface area contributed by atoms with Crippen molar-refractivity contribution in [3.63, 3.8) is 0 Å². The molecule has 0 saturated carbocycles. The fourth-order valence-electron chi connectivity index (χ4n) is 1.23. The Hall–Kier alpha value is -1.35. The predicted octanol–water partition coefficient (Wildman–Crippen LogP) is 1.88. The molecule has 0 aliphatic carbocycles. The highest BCUT2D eigenvalue weighted by Gasteiger charge is 2.04. The lowest BCUT2D eigenvalue weighted by atomic mass is 10.2. The molecule has 0 bridgehead atoms. The third-order valence-electron chi connectivity index (χ3n) is 1.93. The highest BCUT2D eigenvalue weighted by molar-refractivity contribution is 6.30. The van der Waals surface area contributed by atoms with Crippen LogP contribution in [0.4, 0.5) is 0 Å². The van der Waals surface area contributed by atoms with E-state index >= 15 is 0 Å². The molecule has 0 radical (unpaired) electrons. The van der Waals surface area contributed by atoms with Crippen LogP contribution in [0.3, 0.4) is 0 Å². The Morgan fingerprint density at radius 1 is 1.54 bits per heavy atom. The summed E-state index contributed by atoms with van der Waals surface area (Å²) in [6, 6.07) is 1.84. The van der Waals surface area contributed by atoms with E-state index in [-0.39, 0.29) is 10.5 Å². The molecule has 0 unspecified atom stereocenters. The number of H-pyrrole nitrogens is 1. The first-order chi connectivity index (χ1) is 6.20. The summed E-state index contributed by atoms with van der Waals surface area (Å²) >= 11 is 5.66. The molecule has 2 heterocycles. The second-order valence-electron chi connectivity index (χ2n) is 2.82. The van der Waals surface area contributed by atoms with Crippen LogP contribution in [0.15, 0.2) is 23.3 Å². The summed E-state index contributed by atoms with van der Waals surface area (Å²) in [5, 5.41) is 0.172. The molecule has 1 N–H and O–H groups in total. The van der Waals surface area contributed by atoms with E-state index in [2.05, 4.69) is 9.97 Å². The number of fused-ring (bicyclic) bond motifs is 1. The second kappa shape index (κ2) is 2.85. The lowest BCUT2D eigenvalue weighted by Crippen LogP contribution is -2.05. The van der Waals surface area contributed by atoms with E-state index in [1.54, 1.807) is 6.20 Å². The smallest absolute Gasteiger partial charge is 0.226 e. The summed E-state index contributed by atoms with van der Waals surface area (Å²) < 4.78 is 0. The largest absolute Gasteiger partial charge is 0.358 e. The zero-order chi connectivity index (χ0) is 9.42. The number of aromatic amines is 1. The minimum atomic E-state index is -0.223. The highest BCUT2D eigenvalue weighted by atomic mass is 35.5. The molecule has 13 heavy (non-hydrogen) atoms. The Morgan fingerprint density at radius 3 is 3.08 bits per heavy atom. The molecule has 3 nitrogen and oxygen atoms in total. The van der Waals surface area contributed by atoms with Crippen LogP contribution in [0.1, 0.15) is 5.56 Å². The first-order valence-corrected chi connectivity index (χ1v) is 4.20. The van der Waals surface area contributed by atoms with Crippen molar-refractivity contribution < 1.29 is 0 Å². The molecule has 0 aromatic carbocycles. The highest BCUT2D eigenvalue weighted by Crippen LogP contribution is 2.11. The van der Waals surface area contributed by atoms with Crippen molar-refractivity contribution >= 4 is 22.6 Å². The van der Waals surface area contributed by atoms with Gasteiger partial charge in [-0.15, -0.1) is 0 Å². The van der Waals surface area contributed by atoms with Crippen LogP contribution in [-0.2, 0) is 0 Å². The van der Waals surface area contributed by atoms with Gasteiger partial charge in [-0.25, -0.2) is 0 Å². The van der Waals surface area contributed by atoms with Gasteiger partial charge in [0, 0.05) is 12.4 Å². The molecule has 0 aliphatic rings. The van der Waals surface area contributed by atoms with E-state index in [1.807, 2.05) is 13.0 Å². The lowest BCUT2D eigenvalue weighted by Gasteiger charge is -1.99. The maximum Gasteiger partial charge on any atom is 0.226 e. The van der Waals surface area contributed by atoms with Crippen LogP contribution >= 0.6 is 11.6 Å². The van der Waals surface area contributed by atoms with Crippen molar-refractivity contribution in [2.75, 3.05) is 0 Å². The van der Waals surface area contributed by atoms with Gasteiger partial charge in [0.2, 0.25) is 5.43 Å². The molecule has 66 valence electrons. The molecule has 0 amide bonds. The third-order valence-corrected chi connectivity index (χ3v) is 2.22. The van der Waals surface area contributed by atoms with Gasteiger partial charge in [0.25, 0.3) is 0 Å². The van der Waals surface area contributed by atoms with Crippen molar-refractivity contribution in [1.29, 1.82) is 0 Å². The zero-order valence-electron chi connectivity index (χ0n) is 6.97. The van der Waals surface area contributed by atoms with Crippen LogP contribution in [0.5, 0.6) is 0 Å². The Kier molecular flexibility index (Phi) is 1.81. The van der Waals surface area contributed by atoms with Crippen LogP contribution in [0.2, 0.25) is 5.02 Å². The first-order valence-electron chi connectivity index (χ1n) is 3.82. The molecule has 4 heteroatoms. The quantitative estimate of drug-likeness (QED) is 0.696. The van der Waals surface area contributed by atoms with E-state index in [9.17, 15) is 4.79 Å². The van der Waals surface area contributed by atoms with E-state index < -0.39 is 0 Å². The van der Waals surface area contributed by atoms with Gasteiger partial charge in [-0.3, -0.25) is 9.78 Å². The van der Waals surface area contributed by atoms with Crippen LogP contribution in [0, 0.1) is 6.92 Å². The molecule has 0 fully saturated rings. The molecule has 0 saturated heterocycles. The van der Waals surface area contributed by atoms with Crippen LogP contribution < -0.4 is 5.43 Å². The SMILES string of the molecule is Cc1ccnc2c(=O)c(Cl)c[nH]c12. The topological polar surface area (TPSA) is 45.8 Å². The summed E-state index contributed by atoms with van der Waals surface area (Å²) in [5.41, 5.74) is 1.90. The van der Waals surface area contributed by atoms with Gasteiger partial charge in [-0.2, -0.15) is 0 Å². The van der Waals surface area contributed by atoms with E-state index in [4.69, 9.17) is 11.6 Å². The van der Waals surface area contributed by atoms with Crippen molar-refractivity contribution in [3.8, 4) is 0 Å². The minimum Gasteiger partial charge on any atom is -0.358 e. The van der Waals surface area contributed by atoms with Gasteiger partial charge in [-0.1, -0.05) is 11.6 Å². The Bertz CT molecular complexity index is 518. The van der Waals surface area contributed by atoms with Crippen LogP contribution in [0.25, 0.3) is 11.0 Å². The Balaban J connectivity index is 3.03. The molecular formula is C9H7ClN2O. The number of hydrogen-bond acceptors (Lipinski definition) is 2. The number of nitrogens with zero attached hydrogens (tertiary/aromatic N) is 1. The van der Waals surface area contributed by atoms with Gasteiger partial charge in [0.1, 0.15) is 10.5 Å². The second-order valence-corrected chi connectivity index (χ2v) is 3.22. The Morgan fingerprint density at radius 2 is 2.31 bits per heavy atom. The summed E-state index contributed by atoms with van der Waals surface area (Å²) in [5.74, 6) is 0. The fraction of sp³-hybridized carbons (Fsp3) is 0.111. The molecular weight excluding hydrogens is 188 g/mol. The maximum atomic E-state index is 11.5. The van der Waals surface area contributed by atoms with E-state index in [0.29, 0.717) is 5.52 Å².